The second kappa shape index (κ2) is 6.70. The molecule has 0 saturated carbocycles. The van der Waals surface area contributed by atoms with Crippen molar-refractivity contribution < 1.29 is 9.59 Å². The Labute approximate surface area is 140 Å². The minimum atomic E-state index is -0.281. The molecule has 0 unspecified atom stereocenters. The Balaban J connectivity index is 1.78. The van der Waals surface area contributed by atoms with E-state index >= 15 is 0 Å². The number of hydrogen-bond donors (Lipinski definition) is 2. The van der Waals surface area contributed by atoms with Gasteiger partial charge in [-0.15, -0.1) is 0 Å². The molecule has 0 aliphatic carbocycles. The molecule has 24 heavy (non-hydrogen) atoms. The molecule has 1 fully saturated rings. The van der Waals surface area contributed by atoms with Gasteiger partial charge in [-0.05, 0) is 42.7 Å². The van der Waals surface area contributed by atoms with E-state index in [4.69, 9.17) is 11.5 Å². The smallest absolute Gasteiger partial charge is 0.253 e. The predicted octanol–water partition coefficient (Wildman–Crippen LogP) is 1.67. The first-order chi connectivity index (χ1) is 11.6. The summed E-state index contributed by atoms with van der Waals surface area (Å²) >= 11 is 0. The second-order valence-electron chi connectivity index (χ2n) is 5.99. The molecular weight excluding hydrogens is 304 g/mol. The van der Waals surface area contributed by atoms with Gasteiger partial charge in [-0.1, -0.05) is 12.1 Å². The van der Waals surface area contributed by atoms with Crippen LogP contribution in [0.25, 0.3) is 11.1 Å². The molecule has 1 saturated heterocycles. The monoisotopic (exact) mass is 324 g/mol. The summed E-state index contributed by atoms with van der Waals surface area (Å²) in [5, 5.41) is 0. The molecule has 1 aliphatic rings. The Kier molecular flexibility index (Phi) is 4.46. The maximum absolute atomic E-state index is 12.7. The van der Waals surface area contributed by atoms with Crippen molar-refractivity contribution in [1.82, 2.24) is 9.88 Å². The van der Waals surface area contributed by atoms with Gasteiger partial charge in [-0.2, -0.15) is 0 Å². The maximum Gasteiger partial charge on any atom is 0.253 e. The van der Waals surface area contributed by atoms with E-state index in [0.29, 0.717) is 37.3 Å². The lowest BCUT2D eigenvalue weighted by Gasteiger charge is -2.30. The fourth-order valence-electron chi connectivity index (χ4n) is 3.03. The molecule has 6 heteroatoms. The molecule has 3 rings (SSSR count). The minimum Gasteiger partial charge on any atom is -0.383 e. The molecule has 2 heterocycles. The number of carbonyl (C=O) groups excluding carboxylic acids is 2. The molecule has 1 aromatic carbocycles. The number of nitrogens with zero attached hydrogens (tertiary/aromatic N) is 2. The number of rotatable bonds is 3. The molecule has 0 atom stereocenters. The van der Waals surface area contributed by atoms with Crippen LogP contribution in [0.15, 0.2) is 42.6 Å². The van der Waals surface area contributed by atoms with Gasteiger partial charge in [0.15, 0.2) is 0 Å². The third-order valence-corrected chi connectivity index (χ3v) is 4.44. The van der Waals surface area contributed by atoms with Crippen LogP contribution in [0.1, 0.15) is 23.2 Å². The molecule has 1 aliphatic heterocycles. The number of carbonyl (C=O) groups is 2. The summed E-state index contributed by atoms with van der Waals surface area (Å²) in [4.78, 5) is 29.8. The van der Waals surface area contributed by atoms with Crippen molar-refractivity contribution in [2.75, 3.05) is 18.8 Å². The van der Waals surface area contributed by atoms with Crippen LogP contribution >= 0.6 is 0 Å². The lowest BCUT2D eigenvalue weighted by Crippen LogP contribution is -2.41. The quantitative estimate of drug-likeness (QED) is 0.896. The van der Waals surface area contributed by atoms with Crippen molar-refractivity contribution >= 4 is 17.6 Å². The summed E-state index contributed by atoms with van der Waals surface area (Å²) < 4.78 is 0. The first-order valence-corrected chi connectivity index (χ1v) is 7.96. The molecule has 4 N–H and O–H groups in total. The number of piperidine rings is 1. The van der Waals surface area contributed by atoms with Crippen LogP contribution in [0.3, 0.4) is 0 Å². The highest BCUT2D eigenvalue weighted by atomic mass is 16.2. The van der Waals surface area contributed by atoms with Crippen LogP contribution in [0, 0.1) is 5.92 Å². The largest absolute Gasteiger partial charge is 0.383 e. The standard InChI is InChI=1S/C18H20N4O2/c19-16-15(5-2-8-21-16)13-3-1-4-14(11-13)18(24)22-9-6-12(7-10-22)17(20)23/h1-5,8,11-12H,6-7,9-10H2,(H2,19,21)(H2,20,23). The van der Waals surface area contributed by atoms with Gasteiger partial charge in [-0.25, -0.2) is 4.98 Å². The minimum absolute atomic E-state index is 0.0396. The topological polar surface area (TPSA) is 102 Å². The zero-order valence-electron chi connectivity index (χ0n) is 13.3. The van der Waals surface area contributed by atoms with Gasteiger partial charge in [0.25, 0.3) is 5.91 Å². The number of primary amides is 1. The van der Waals surface area contributed by atoms with Gasteiger partial charge in [0.2, 0.25) is 5.91 Å². The Bertz CT molecular complexity index is 767. The van der Waals surface area contributed by atoms with Gasteiger partial charge in [-0.3, -0.25) is 9.59 Å². The zero-order chi connectivity index (χ0) is 17.1. The van der Waals surface area contributed by atoms with E-state index < -0.39 is 0 Å². The van der Waals surface area contributed by atoms with Crippen molar-refractivity contribution in [2.45, 2.75) is 12.8 Å². The number of nitrogens with two attached hydrogens (primary N) is 2. The average molecular weight is 324 g/mol. The lowest BCUT2D eigenvalue weighted by atomic mass is 9.95. The number of benzene rings is 1. The van der Waals surface area contributed by atoms with Crippen LogP contribution in [-0.4, -0.2) is 34.8 Å². The van der Waals surface area contributed by atoms with Crippen LogP contribution in [-0.2, 0) is 4.79 Å². The first kappa shape index (κ1) is 16.0. The number of amides is 2. The van der Waals surface area contributed by atoms with Gasteiger partial charge >= 0.3 is 0 Å². The first-order valence-electron chi connectivity index (χ1n) is 7.96. The molecule has 124 valence electrons. The van der Waals surface area contributed by atoms with E-state index in [0.717, 1.165) is 11.1 Å². The summed E-state index contributed by atoms with van der Waals surface area (Å²) in [6.45, 7) is 1.09. The predicted molar refractivity (Wildman–Crippen MR) is 91.9 cm³/mol. The van der Waals surface area contributed by atoms with Crippen LogP contribution in [0.2, 0.25) is 0 Å². The zero-order valence-corrected chi connectivity index (χ0v) is 13.3. The third-order valence-electron chi connectivity index (χ3n) is 4.44. The lowest BCUT2D eigenvalue weighted by molar-refractivity contribution is -0.123. The summed E-state index contributed by atoms with van der Waals surface area (Å²) in [5.74, 6) is -0.0154. The van der Waals surface area contributed by atoms with E-state index in [1.54, 1.807) is 17.2 Å². The Morgan fingerprint density at radius 1 is 1.12 bits per heavy atom. The molecule has 2 aromatic rings. The van der Waals surface area contributed by atoms with Gasteiger partial charge in [0.05, 0.1) is 0 Å². The van der Waals surface area contributed by atoms with Crippen LogP contribution in [0.4, 0.5) is 5.82 Å². The molecule has 6 nitrogen and oxygen atoms in total. The molecule has 2 amide bonds. The number of anilines is 1. The van der Waals surface area contributed by atoms with Crippen molar-refractivity contribution in [2.24, 2.45) is 11.7 Å². The van der Waals surface area contributed by atoms with Gasteiger partial charge in [0.1, 0.15) is 5.82 Å². The van der Waals surface area contributed by atoms with Crippen LogP contribution < -0.4 is 11.5 Å². The van der Waals surface area contributed by atoms with E-state index in [-0.39, 0.29) is 17.7 Å². The fraction of sp³-hybridized carbons (Fsp3) is 0.278. The SMILES string of the molecule is NC(=O)C1CCN(C(=O)c2cccc(-c3cccnc3N)c2)CC1. The van der Waals surface area contributed by atoms with Crippen LogP contribution in [0.5, 0.6) is 0 Å². The summed E-state index contributed by atoms with van der Waals surface area (Å²) in [6, 6.07) is 11.1. The Morgan fingerprint density at radius 3 is 2.54 bits per heavy atom. The molecule has 0 spiro atoms. The van der Waals surface area contributed by atoms with Crippen molar-refractivity contribution in [3.63, 3.8) is 0 Å². The number of nitrogen functional groups attached to an aromatic ring is 1. The molecule has 0 radical (unpaired) electrons. The molecule has 0 bridgehead atoms. The molecule has 1 aromatic heterocycles. The highest BCUT2D eigenvalue weighted by Gasteiger charge is 2.26. The summed E-state index contributed by atoms with van der Waals surface area (Å²) in [6.07, 6.45) is 2.88. The Hall–Kier alpha value is -2.89. The highest BCUT2D eigenvalue weighted by Crippen LogP contribution is 2.26. The fourth-order valence-corrected chi connectivity index (χ4v) is 3.03. The van der Waals surface area contributed by atoms with E-state index in [9.17, 15) is 9.59 Å². The number of pyridine rings is 1. The van der Waals surface area contributed by atoms with E-state index in [1.165, 1.54) is 0 Å². The van der Waals surface area contributed by atoms with Gasteiger partial charge < -0.3 is 16.4 Å². The third kappa shape index (κ3) is 3.22. The maximum atomic E-state index is 12.7. The van der Waals surface area contributed by atoms with Crippen molar-refractivity contribution in [1.29, 1.82) is 0 Å². The summed E-state index contributed by atoms with van der Waals surface area (Å²) in [7, 11) is 0. The normalized spacial score (nSPS) is 15.2. The highest BCUT2D eigenvalue weighted by molar-refractivity contribution is 5.96. The second-order valence-corrected chi connectivity index (χ2v) is 5.99. The van der Waals surface area contributed by atoms with Gasteiger partial charge in [0, 0.05) is 36.3 Å². The number of likely N-dealkylation sites (tertiary alicyclic amines) is 1. The number of aromatic nitrogens is 1. The van der Waals surface area contributed by atoms with E-state index in [1.807, 2.05) is 30.3 Å². The molecular formula is C18H20N4O2. The Morgan fingerprint density at radius 2 is 1.88 bits per heavy atom. The van der Waals surface area contributed by atoms with Crippen molar-refractivity contribution in [3.8, 4) is 11.1 Å². The van der Waals surface area contributed by atoms with Crippen molar-refractivity contribution in [3.05, 3.63) is 48.2 Å². The van der Waals surface area contributed by atoms with E-state index in [2.05, 4.69) is 4.98 Å². The average Bonchev–Trinajstić information content (AvgIpc) is 2.61. The number of hydrogen-bond acceptors (Lipinski definition) is 4. The summed E-state index contributed by atoms with van der Waals surface area (Å²) in [5.41, 5.74) is 13.5.